The Bertz CT molecular complexity index is 852. The SMILES string of the molecule is CC#Cc1ccc(N2CCN[C@@H](CC(C)C)C2)nc1C(=O)c1cccnc1. The minimum absolute atomic E-state index is 0.142. The molecule has 1 N–H and O–H groups in total. The van der Waals surface area contributed by atoms with Gasteiger partial charge in [-0.1, -0.05) is 19.8 Å². The maximum atomic E-state index is 13.0. The predicted molar refractivity (Wildman–Crippen MR) is 108 cm³/mol. The summed E-state index contributed by atoms with van der Waals surface area (Å²) in [7, 11) is 0. The second-order valence-electron chi connectivity index (χ2n) is 7.24. The monoisotopic (exact) mass is 362 g/mol. The van der Waals surface area contributed by atoms with Crippen LogP contribution >= 0.6 is 0 Å². The van der Waals surface area contributed by atoms with Crippen LogP contribution in [0.25, 0.3) is 0 Å². The average Bonchev–Trinajstić information content (AvgIpc) is 2.68. The summed E-state index contributed by atoms with van der Waals surface area (Å²) in [6.07, 6.45) is 4.35. The first-order valence-corrected chi connectivity index (χ1v) is 9.45. The smallest absolute Gasteiger partial charge is 0.214 e. The van der Waals surface area contributed by atoms with Crippen LogP contribution in [0.2, 0.25) is 0 Å². The fourth-order valence-electron chi connectivity index (χ4n) is 3.43. The molecule has 3 heterocycles. The van der Waals surface area contributed by atoms with Crippen molar-refractivity contribution in [3.05, 3.63) is 53.5 Å². The topological polar surface area (TPSA) is 58.1 Å². The van der Waals surface area contributed by atoms with Crippen LogP contribution in [0, 0.1) is 17.8 Å². The van der Waals surface area contributed by atoms with E-state index in [9.17, 15) is 4.79 Å². The molecular weight excluding hydrogens is 336 g/mol. The van der Waals surface area contributed by atoms with Gasteiger partial charge >= 0.3 is 0 Å². The summed E-state index contributed by atoms with van der Waals surface area (Å²) in [5.74, 6) is 7.21. The summed E-state index contributed by atoms with van der Waals surface area (Å²) in [4.78, 5) is 24.0. The first-order chi connectivity index (χ1) is 13.1. The van der Waals surface area contributed by atoms with Crippen LogP contribution in [0.4, 0.5) is 5.82 Å². The number of hydrogen-bond acceptors (Lipinski definition) is 5. The van der Waals surface area contributed by atoms with Gasteiger partial charge in [0, 0.05) is 43.6 Å². The van der Waals surface area contributed by atoms with Gasteiger partial charge < -0.3 is 10.2 Å². The van der Waals surface area contributed by atoms with Crippen molar-refractivity contribution in [2.45, 2.75) is 33.2 Å². The van der Waals surface area contributed by atoms with Gasteiger partial charge in [0.05, 0.1) is 5.56 Å². The predicted octanol–water partition coefficient (Wildman–Crippen LogP) is 2.90. The third-order valence-corrected chi connectivity index (χ3v) is 4.61. The van der Waals surface area contributed by atoms with Gasteiger partial charge in [-0.25, -0.2) is 4.98 Å². The lowest BCUT2D eigenvalue weighted by molar-refractivity contribution is 0.103. The third kappa shape index (κ3) is 4.72. The average molecular weight is 362 g/mol. The number of nitrogens with one attached hydrogen (secondary N) is 1. The standard InChI is InChI=1S/C22H26N4O/c1-4-6-17-8-9-20(26-12-11-24-19(15-26)13-16(2)3)25-21(17)22(27)18-7-5-10-23-14-18/h5,7-10,14,16,19,24H,11-13,15H2,1-3H3/t19-/m0/s1. The highest BCUT2D eigenvalue weighted by atomic mass is 16.1. The zero-order chi connectivity index (χ0) is 19.2. The van der Waals surface area contributed by atoms with Gasteiger partial charge in [0.25, 0.3) is 0 Å². The summed E-state index contributed by atoms with van der Waals surface area (Å²) >= 11 is 0. The van der Waals surface area contributed by atoms with Crippen LogP contribution < -0.4 is 10.2 Å². The number of carbonyl (C=O) groups is 1. The highest BCUT2D eigenvalue weighted by Gasteiger charge is 2.23. The van der Waals surface area contributed by atoms with Crippen LogP contribution in [0.15, 0.2) is 36.7 Å². The zero-order valence-corrected chi connectivity index (χ0v) is 16.2. The molecular formula is C22H26N4O. The van der Waals surface area contributed by atoms with Crippen LogP contribution in [0.5, 0.6) is 0 Å². The number of anilines is 1. The van der Waals surface area contributed by atoms with Gasteiger partial charge in [-0.2, -0.15) is 0 Å². The summed E-state index contributed by atoms with van der Waals surface area (Å²) < 4.78 is 0. The minimum Gasteiger partial charge on any atom is -0.354 e. The first-order valence-electron chi connectivity index (χ1n) is 9.45. The van der Waals surface area contributed by atoms with E-state index < -0.39 is 0 Å². The van der Waals surface area contributed by atoms with Gasteiger partial charge in [0.1, 0.15) is 11.5 Å². The number of hydrogen-bond donors (Lipinski definition) is 1. The van der Waals surface area contributed by atoms with E-state index in [-0.39, 0.29) is 5.78 Å². The van der Waals surface area contributed by atoms with Crippen molar-refractivity contribution in [2.75, 3.05) is 24.5 Å². The fourth-order valence-corrected chi connectivity index (χ4v) is 3.43. The molecule has 5 nitrogen and oxygen atoms in total. The van der Waals surface area contributed by atoms with Gasteiger partial charge in [-0.3, -0.25) is 9.78 Å². The Hall–Kier alpha value is -2.71. The molecule has 0 bridgehead atoms. The second-order valence-corrected chi connectivity index (χ2v) is 7.24. The number of pyridine rings is 2. The molecule has 1 aliphatic heterocycles. The normalized spacial score (nSPS) is 16.7. The molecule has 0 radical (unpaired) electrons. The molecule has 1 saturated heterocycles. The molecule has 5 heteroatoms. The lowest BCUT2D eigenvalue weighted by Gasteiger charge is -2.35. The first kappa shape index (κ1) is 19.1. The Morgan fingerprint density at radius 3 is 2.93 bits per heavy atom. The lowest BCUT2D eigenvalue weighted by Crippen LogP contribution is -2.51. The maximum absolute atomic E-state index is 13.0. The lowest BCUT2D eigenvalue weighted by atomic mass is 10.0. The molecule has 140 valence electrons. The number of ketones is 1. The molecule has 1 atom stereocenters. The van der Waals surface area contributed by atoms with E-state index in [4.69, 9.17) is 4.98 Å². The van der Waals surface area contributed by atoms with E-state index in [0.29, 0.717) is 28.8 Å². The molecule has 0 aromatic carbocycles. The molecule has 27 heavy (non-hydrogen) atoms. The number of aromatic nitrogens is 2. The summed E-state index contributed by atoms with van der Waals surface area (Å²) in [5, 5.41) is 3.58. The van der Waals surface area contributed by atoms with Crippen LogP contribution in [-0.2, 0) is 0 Å². The molecule has 0 saturated carbocycles. The number of rotatable bonds is 5. The van der Waals surface area contributed by atoms with Crippen molar-refractivity contribution < 1.29 is 4.79 Å². The van der Waals surface area contributed by atoms with Crippen molar-refractivity contribution in [1.82, 2.24) is 15.3 Å². The molecule has 2 aromatic rings. The number of nitrogens with zero attached hydrogens (tertiary/aromatic N) is 3. The molecule has 2 aromatic heterocycles. The second kappa shape index (κ2) is 8.79. The Morgan fingerprint density at radius 1 is 1.37 bits per heavy atom. The zero-order valence-electron chi connectivity index (χ0n) is 16.2. The highest BCUT2D eigenvalue weighted by Crippen LogP contribution is 2.20. The molecule has 0 spiro atoms. The van der Waals surface area contributed by atoms with Crippen LogP contribution in [0.1, 0.15) is 48.8 Å². The fraction of sp³-hybridized carbons (Fsp3) is 0.409. The molecule has 1 fully saturated rings. The summed E-state index contributed by atoms with van der Waals surface area (Å²) in [6, 6.07) is 7.83. The Kier molecular flexibility index (Phi) is 6.20. The molecule has 0 amide bonds. The van der Waals surface area contributed by atoms with E-state index in [1.807, 2.05) is 12.1 Å². The third-order valence-electron chi connectivity index (χ3n) is 4.61. The molecule has 1 aliphatic rings. The van der Waals surface area contributed by atoms with Gasteiger partial charge in [-0.15, -0.1) is 5.92 Å². The van der Waals surface area contributed by atoms with E-state index in [1.54, 1.807) is 31.5 Å². The van der Waals surface area contributed by atoms with E-state index in [1.165, 1.54) is 0 Å². The Balaban J connectivity index is 1.91. The molecule has 3 rings (SSSR count). The minimum atomic E-state index is -0.142. The van der Waals surface area contributed by atoms with Crippen LogP contribution in [-0.4, -0.2) is 41.4 Å². The van der Waals surface area contributed by atoms with Crippen molar-refractivity contribution in [2.24, 2.45) is 5.92 Å². The van der Waals surface area contributed by atoms with Crippen molar-refractivity contribution in [3.8, 4) is 11.8 Å². The molecule has 0 unspecified atom stereocenters. The summed E-state index contributed by atoms with van der Waals surface area (Å²) in [6.45, 7) is 8.93. The van der Waals surface area contributed by atoms with Crippen molar-refractivity contribution in [1.29, 1.82) is 0 Å². The Labute approximate surface area is 161 Å². The van der Waals surface area contributed by atoms with Gasteiger partial charge in [0.2, 0.25) is 5.78 Å². The van der Waals surface area contributed by atoms with Crippen molar-refractivity contribution >= 4 is 11.6 Å². The van der Waals surface area contributed by atoms with Crippen molar-refractivity contribution in [3.63, 3.8) is 0 Å². The number of piperazine rings is 1. The Morgan fingerprint density at radius 2 is 2.22 bits per heavy atom. The van der Waals surface area contributed by atoms with Gasteiger partial charge in [0.15, 0.2) is 0 Å². The van der Waals surface area contributed by atoms with Crippen LogP contribution in [0.3, 0.4) is 0 Å². The quantitative estimate of drug-likeness (QED) is 0.655. The molecule has 0 aliphatic carbocycles. The maximum Gasteiger partial charge on any atom is 0.214 e. The van der Waals surface area contributed by atoms with Gasteiger partial charge in [-0.05, 0) is 43.5 Å². The highest BCUT2D eigenvalue weighted by molar-refractivity contribution is 6.09. The van der Waals surface area contributed by atoms with E-state index in [2.05, 4.69) is 40.9 Å². The largest absolute Gasteiger partial charge is 0.354 e. The van der Waals surface area contributed by atoms with E-state index >= 15 is 0 Å². The van der Waals surface area contributed by atoms with E-state index in [0.717, 1.165) is 31.9 Å². The summed E-state index contributed by atoms with van der Waals surface area (Å²) in [5.41, 5.74) is 1.58. The number of carbonyl (C=O) groups excluding carboxylic acids is 1.